The van der Waals surface area contributed by atoms with E-state index in [9.17, 15) is 0 Å². The molecule has 3 rings (SSSR count). The molecule has 0 saturated carbocycles. The van der Waals surface area contributed by atoms with Crippen LogP contribution in [-0.4, -0.2) is 28.1 Å². The first-order chi connectivity index (χ1) is 10.2. The number of rotatable bonds is 2. The summed E-state index contributed by atoms with van der Waals surface area (Å²) in [4.78, 5) is 0. The molecule has 22 heavy (non-hydrogen) atoms. The van der Waals surface area contributed by atoms with E-state index in [4.69, 9.17) is 20.9 Å². The normalized spacial score (nSPS) is 19.6. The van der Waals surface area contributed by atoms with Gasteiger partial charge in [0.05, 0.1) is 27.5 Å². The summed E-state index contributed by atoms with van der Waals surface area (Å²) in [6.07, 6.45) is 1.74. The van der Waals surface area contributed by atoms with Crippen LogP contribution in [-0.2, 0) is 9.31 Å². The van der Waals surface area contributed by atoms with Gasteiger partial charge in [-0.25, -0.2) is 4.68 Å². The second kappa shape index (κ2) is 5.12. The molecule has 1 aliphatic heterocycles. The molecule has 0 atom stereocenters. The molecule has 0 aliphatic carbocycles. The number of benzene rings is 1. The topological polar surface area (TPSA) is 36.3 Å². The van der Waals surface area contributed by atoms with Crippen molar-refractivity contribution in [2.24, 2.45) is 0 Å². The Morgan fingerprint density at radius 2 is 1.73 bits per heavy atom. The SMILES string of the molecule is Cc1cccc(Cl)c1-n1nccc1B1OC(C)(C)C(C)(C)O1. The molecule has 2 heterocycles. The Morgan fingerprint density at radius 1 is 1.09 bits per heavy atom. The third kappa shape index (κ3) is 2.37. The molecular formula is C16H20BClN2O2. The highest BCUT2D eigenvalue weighted by Gasteiger charge is 2.52. The highest BCUT2D eigenvalue weighted by molar-refractivity contribution is 6.61. The van der Waals surface area contributed by atoms with Gasteiger partial charge in [0.15, 0.2) is 0 Å². The van der Waals surface area contributed by atoms with Gasteiger partial charge in [-0.15, -0.1) is 0 Å². The number of aromatic nitrogens is 2. The minimum Gasteiger partial charge on any atom is -0.398 e. The molecule has 0 bridgehead atoms. The quantitative estimate of drug-likeness (QED) is 0.798. The first-order valence-electron chi connectivity index (χ1n) is 7.38. The van der Waals surface area contributed by atoms with E-state index in [1.54, 1.807) is 10.9 Å². The second-order valence-corrected chi connectivity index (χ2v) is 7.07. The summed E-state index contributed by atoms with van der Waals surface area (Å²) in [5.74, 6) is 0. The summed E-state index contributed by atoms with van der Waals surface area (Å²) in [5.41, 5.74) is 1.98. The van der Waals surface area contributed by atoms with Gasteiger partial charge in [-0.05, 0) is 52.3 Å². The predicted molar refractivity (Wildman–Crippen MR) is 89.0 cm³/mol. The Labute approximate surface area is 136 Å². The van der Waals surface area contributed by atoms with Crippen molar-refractivity contribution in [2.45, 2.75) is 45.8 Å². The van der Waals surface area contributed by atoms with Crippen molar-refractivity contribution in [3.05, 3.63) is 41.0 Å². The van der Waals surface area contributed by atoms with E-state index in [0.29, 0.717) is 5.02 Å². The zero-order valence-corrected chi connectivity index (χ0v) is 14.3. The van der Waals surface area contributed by atoms with Gasteiger partial charge in [0.1, 0.15) is 0 Å². The Balaban J connectivity index is 2.05. The number of nitrogens with zero attached hydrogens (tertiary/aromatic N) is 2. The van der Waals surface area contributed by atoms with Crippen LogP contribution >= 0.6 is 11.6 Å². The average molecular weight is 319 g/mol. The highest BCUT2D eigenvalue weighted by Crippen LogP contribution is 2.36. The summed E-state index contributed by atoms with van der Waals surface area (Å²) in [7, 11) is -0.469. The Kier molecular flexibility index (Phi) is 3.63. The lowest BCUT2D eigenvalue weighted by Gasteiger charge is -2.32. The third-order valence-electron chi connectivity index (χ3n) is 4.57. The lowest BCUT2D eigenvalue weighted by Crippen LogP contribution is -2.41. The maximum absolute atomic E-state index is 6.37. The summed E-state index contributed by atoms with van der Waals surface area (Å²) >= 11 is 6.37. The van der Waals surface area contributed by atoms with Crippen molar-refractivity contribution in [3.8, 4) is 5.69 Å². The van der Waals surface area contributed by atoms with Crippen LogP contribution < -0.4 is 5.59 Å². The number of hydrogen-bond donors (Lipinski definition) is 0. The largest absolute Gasteiger partial charge is 0.514 e. The molecule has 0 radical (unpaired) electrons. The van der Waals surface area contributed by atoms with E-state index in [1.807, 2.05) is 58.9 Å². The second-order valence-electron chi connectivity index (χ2n) is 6.66. The minimum absolute atomic E-state index is 0.387. The van der Waals surface area contributed by atoms with E-state index < -0.39 is 7.12 Å². The fraction of sp³-hybridized carbons (Fsp3) is 0.438. The van der Waals surface area contributed by atoms with Crippen molar-refractivity contribution >= 4 is 24.3 Å². The number of hydrogen-bond acceptors (Lipinski definition) is 3. The fourth-order valence-electron chi connectivity index (χ4n) is 2.53. The monoisotopic (exact) mass is 318 g/mol. The molecule has 1 fully saturated rings. The molecule has 1 saturated heterocycles. The molecule has 1 aliphatic rings. The first kappa shape index (κ1) is 15.6. The van der Waals surface area contributed by atoms with Gasteiger partial charge < -0.3 is 9.31 Å². The lowest BCUT2D eigenvalue weighted by atomic mass is 9.84. The molecule has 0 N–H and O–H groups in total. The molecule has 4 nitrogen and oxygen atoms in total. The molecular weight excluding hydrogens is 298 g/mol. The zero-order chi connectivity index (χ0) is 16.1. The first-order valence-corrected chi connectivity index (χ1v) is 7.76. The summed E-state index contributed by atoms with van der Waals surface area (Å²) in [6.45, 7) is 10.2. The van der Waals surface area contributed by atoms with Gasteiger partial charge in [0.2, 0.25) is 0 Å². The van der Waals surface area contributed by atoms with Crippen LogP contribution in [0.3, 0.4) is 0 Å². The van der Waals surface area contributed by atoms with Gasteiger partial charge in [0, 0.05) is 6.20 Å². The Hall–Kier alpha value is -1.30. The molecule has 0 unspecified atom stereocenters. The van der Waals surface area contributed by atoms with Gasteiger partial charge in [-0.2, -0.15) is 5.10 Å². The summed E-state index contributed by atoms with van der Waals surface area (Å²) < 4.78 is 14.1. The minimum atomic E-state index is -0.469. The fourth-order valence-corrected chi connectivity index (χ4v) is 2.84. The van der Waals surface area contributed by atoms with E-state index >= 15 is 0 Å². The van der Waals surface area contributed by atoms with Crippen LogP contribution in [0.25, 0.3) is 5.69 Å². The van der Waals surface area contributed by atoms with Gasteiger partial charge in [-0.1, -0.05) is 23.7 Å². The number of para-hydroxylation sites is 1. The van der Waals surface area contributed by atoms with Crippen molar-refractivity contribution < 1.29 is 9.31 Å². The highest BCUT2D eigenvalue weighted by atomic mass is 35.5. The third-order valence-corrected chi connectivity index (χ3v) is 4.87. The zero-order valence-electron chi connectivity index (χ0n) is 13.6. The van der Waals surface area contributed by atoms with Gasteiger partial charge in [0.25, 0.3) is 0 Å². The van der Waals surface area contributed by atoms with Crippen LogP contribution in [0.15, 0.2) is 30.5 Å². The lowest BCUT2D eigenvalue weighted by molar-refractivity contribution is 0.00578. The van der Waals surface area contributed by atoms with E-state index in [1.165, 1.54) is 0 Å². The van der Waals surface area contributed by atoms with Crippen LogP contribution in [0.4, 0.5) is 0 Å². The smallest absolute Gasteiger partial charge is 0.398 e. The van der Waals surface area contributed by atoms with Crippen LogP contribution in [0, 0.1) is 6.92 Å². The van der Waals surface area contributed by atoms with E-state index in [0.717, 1.165) is 16.8 Å². The van der Waals surface area contributed by atoms with Gasteiger partial charge >= 0.3 is 7.12 Å². The molecule has 116 valence electrons. The molecule has 6 heteroatoms. The van der Waals surface area contributed by atoms with Crippen molar-refractivity contribution in [1.82, 2.24) is 9.78 Å². The maximum atomic E-state index is 6.37. The molecule has 2 aromatic rings. The Bertz CT molecular complexity index is 676. The molecule has 0 amide bonds. The van der Waals surface area contributed by atoms with Crippen molar-refractivity contribution in [3.63, 3.8) is 0 Å². The Morgan fingerprint density at radius 3 is 2.32 bits per heavy atom. The molecule has 1 aromatic carbocycles. The molecule has 1 aromatic heterocycles. The van der Waals surface area contributed by atoms with Crippen LogP contribution in [0.2, 0.25) is 5.02 Å². The van der Waals surface area contributed by atoms with Gasteiger partial charge in [-0.3, -0.25) is 0 Å². The van der Waals surface area contributed by atoms with Crippen LogP contribution in [0.5, 0.6) is 0 Å². The standard InChI is InChI=1S/C16H20BClN2O2/c1-11-7-6-8-12(18)14(11)20-13(9-10-19-20)17-21-15(2,3)16(4,5)22-17/h6-10H,1-5H3. The van der Waals surface area contributed by atoms with Crippen molar-refractivity contribution in [2.75, 3.05) is 0 Å². The average Bonchev–Trinajstić information content (AvgIpc) is 2.93. The van der Waals surface area contributed by atoms with Crippen molar-refractivity contribution in [1.29, 1.82) is 0 Å². The molecule has 0 spiro atoms. The summed E-state index contributed by atoms with van der Waals surface area (Å²) in [6, 6.07) is 7.71. The number of halogens is 1. The van der Waals surface area contributed by atoms with Crippen LogP contribution in [0.1, 0.15) is 33.3 Å². The van der Waals surface area contributed by atoms with E-state index in [2.05, 4.69) is 5.10 Å². The summed E-state index contributed by atoms with van der Waals surface area (Å²) in [5, 5.41) is 5.07. The maximum Gasteiger partial charge on any atom is 0.514 e. The predicted octanol–water partition coefficient (Wildman–Crippen LogP) is 3.13. The number of aryl methyl sites for hydroxylation is 1. The van der Waals surface area contributed by atoms with E-state index in [-0.39, 0.29) is 11.2 Å².